The van der Waals surface area contributed by atoms with Crippen molar-refractivity contribution in [3.63, 3.8) is 0 Å². The minimum atomic E-state index is -3.75. The molecule has 7 nitrogen and oxygen atoms in total. The summed E-state index contributed by atoms with van der Waals surface area (Å²) in [6.45, 7) is 1.49. The molecule has 2 aromatic rings. The van der Waals surface area contributed by atoms with E-state index in [1.807, 2.05) is 0 Å². The van der Waals surface area contributed by atoms with E-state index in [4.69, 9.17) is 4.42 Å². The fourth-order valence-electron chi connectivity index (χ4n) is 2.29. The van der Waals surface area contributed by atoms with Gasteiger partial charge in [0.1, 0.15) is 5.82 Å². The Labute approximate surface area is 155 Å². The van der Waals surface area contributed by atoms with Crippen LogP contribution in [0.1, 0.15) is 35.0 Å². The first-order valence-electron chi connectivity index (χ1n) is 7.92. The second-order valence-corrected chi connectivity index (χ2v) is 7.69. The number of hydrogen-bond acceptors (Lipinski definition) is 7. The molecular formula is C18H17FO7S. The molecule has 0 aliphatic heterocycles. The van der Waals surface area contributed by atoms with E-state index < -0.39 is 44.7 Å². The van der Waals surface area contributed by atoms with Crippen molar-refractivity contribution in [1.82, 2.24) is 0 Å². The summed E-state index contributed by atoms with van der Waals surface area (Å²) >= 11 is 0. The highest BCUT2D eigenvalue weighted by Gasteiger charge is 2.27. The van der Waals surface area contributed by atoms with Crippen LogP contribution < -0.4 is 0 Å². The zero-order valence-corrected chi connectivity index (χ0v) is 15.5. The van der Waals surface area contributed by atoms with Gasteiger partial charge in [-0.3, -0.25) is 9.59 Å². The molecule has 0 aliphatic rings. The first-order valence-corrected chi connectivity index (χ1v) is 9.81. The summed E-state index contributed by atoms with van der Waals surface area (Å²) in [5.74, 6) is -3.84. The van der Waals surface area contributed by atoms with Crippen molar-refractivity contribution in [2.24, 2.45) is 0 Å². The molecule has 144 valence electrons. The summed E-state index contributed by atoms with van der Waals surface area (Å²) in [5.41, 5.74) is 0.812. The number of esters is 1. The van der Waals surface area contributed by atoms with Gasteiger partial charge in [-0.15, -0.1) is 0 Å². The number of ether oxygens (including phenoxy) is 1. The molecule has 0 saturated carbocycles. The van der Waals surface area contributed by atoms with Gasteiger partial charge in [0.05, 0.1) is 13.0 Å². The zero-order chi connectivity index (χ0) is 20.2. The Hall–Kier alpha value is -2.81. The number of sulfone groups is 1. The van der Waals surface area contributed by atoms with Gasteiger partial charge in [-0.2, -0.15) is 0 Å². The van der Waals surface area contributed by atoms with Crippen molar-refractivity contribution in [1.29, 1.82) is 0 Å². The lowest BCUT2D eigenvalue weighted by molar-refractivity contribution is -0.153. The van der Waals surface area contributed by atoms with E-state index in [0.29, 0.717) is 5.56 Å². The lowest BCUT2D eigenvalue weighted by Crippen LogP contribution is -2.21. The molecular weight excluding hydrogens is 379 g/mol. The van der Waals surface area contributed by atoms with Gasteiger partial charge in [-0.05, 0) is 24.6 Å². The summed E-state index contributed by atoms with van der Waals surface area (Å²) < 4.78 is 46.2. The number of ketones is 2. The van der Waals surface area contributed by atoms with Gasteiger partial charge in [0.25, 0.3) is 0 Å². The van der Waals surface area contributed by atoms with Crippen LogP contribution in [0.2, 0.25) is 0 Å². The van der Waals surface area contributed by atoms with Crippen LogP contribution in [-0.4, -0.2) is 38.8 Å². The first kappa shape index (κ1) is 20.5. The Kier molecular flexibility index (Phi) is 6.27. The van der Waals surface area contributed by atoms with Crippen LogP contribution in [0.15, 0.2) is 39.8 Å². The maximum absolute atomic E-state index is 13.0. The number of carbonyl (C=O) groups excluding carboxylic acids is 3. The highest BCUT2D eigenvalue weighted by molar-refractivity contribution is 7.90. The van der Waals surface area contributed by atoms with Crippen LogP contribution in [0.3, 0.4) is 0 Å². The second kappa shape index (κ2) is 8.26. The molecule has 0 saturated heterocycles. The highest BCUT2D eigenvalue weighted by Crippen LogP contribution is 2.24. The van der Waals surface area contributed by atoms with E-state index in [0.717, 1.165) is 6.26 Å². The third kappa shape index (κ3) is 5.33. The monoisotopic (exact) mass is 396 g/mol. The van der Waals surface area contributed by atoms with E-state index in [2.05, 4.69) is 4.74 Å². The molecule has 1 aromatic carbocycles. The van der Waals surface area contributed by atoms with Crippen LogP contribution in [0.5, 0.6) is 0 Å². The number of carbonyl (C=O) groups is 3. The molecule has 9 heteroatoms. The predicted octanol–water partition coefficient (Wildman–Crippen LogP) is 2.12. The van der Waals surface area contributed by atoms with Gasteiger partial charge in [0.2, 0.25) is 26.5 Å². The average Bonchev–Trinajstić information content (AvgIpc) is 3.01. The van der Waals surface area contributed by atoms with Crippen molar-refractivity contribution in [2.45, 2.75) is 24.9 Å². The van der Waals surface area contributed by atoms with E-state index in [1.54, 1.807) is 0 Å². The Bertz CT molecular complexity index is 972. The summed E-state index contributed by atoms with van der Waals surface area (Å²) in [6.07, 6.45) is 0.172. The topological polar surface area (TPSA) is 108 Å². The molecule has 0 spiro atoms. The third-order valence-corrected chi connectivity index (χ3v) is 4.47. The first-order chi connectivity index (χ1) is 12.6. The van der Waals surface area contributed by atoms with Crippen molar-refractivity contribution in [2.75, 3.05) is 12.9 Å². The molecule has 2 rings (SSSR count). The lowest BCUT2D eigenvalue weighted by Gasteiger charge is -2.03. The van der Waals surface area contributed by atoms with Crippen LogP contribution in [-0.2, 0) is 30.6 Å². The highest BCUT2D eigenvalue weighted by atomic mass is 32.2. The van der Waals surface area contributed by atoms with Crippen molar-refractivity contribution in [3.8, 4) is 0 Å². The summed E-state index contributed by atoms with van der Waals surface area (Å²) in [5, 5.41) is -0.438. The van der Waals surface area contributed by atoms with Gasteiger partial charge in [-0.25, -0.2) is 17.6 Å². The number of benzene rings is 1. The van der Waals surface area contributed by atoms with Crippen molar-refractivity contribution >= 4 is 27.4 Å². The minimum Gasteiger partial charge on any atom is -0.460 e. The number of Topliss-reactive ketones (excluding diaryl/α,β-unsaturated/α-hetero) is 2. The molecule has 0 fully saturated rings. The van der Waals surface area contributed by atoms with Gasteiger partial charge >= 0.3 is 5.97 Å². The van der Waals surface area contributed by atoms with Gasteiger partial charge in [0.15, 0.2) is 5.76 Å². The fraction of sp³-hybridized carbons (Fsp3) is 0.278. The summed E-state index contributed by atoms with van der Waals surface area (Å²) in [6, 6.07) is 6.57. The lowest BCUT2D eigenvalue weighted by atomic mass is 10.0. The molecule has 0 amide bonds. The van der Waals surface area contributed by atoms with Gasteiger partial charge in [0, 0.05) is 24.3 Å². The fourth-order valence-corrected chi connectivity index (χ4v) is 2.88. The average molecular weight is 396 g/mol. The molecule has 0 atom stereocenters. The number of halogens is 1. The summed E-state index contributed by atoms with van der Waals surface area (Å²) in [4.78, 5) is 35.5. The molecule has 0 radical (unpaired) electrons. The Morgan fingerprint density at radius 3 is 2.33 bits per heavy atom. The molecule has 1 heterocycles. The van der Waals surface area contributed by atoms with Crippen LogP contribution in [0.25, 0.3) is 0 Å². The van der Waals surface area contributed by atoms with Gasteiger partial charge in [-0.1, -0.05) is 12.1 Å². The number of furan rings is 1. The smallest absolute Gasteiger partial charge is 0.375 e. The number of hydrogen-bond donors (Lipinski definition) is 0. The molecule has 0 aliphatic carbocycles. The Balaban J connectivity index is 2.34. The van der Waals surface area contributed by atoms with Crippen molar-refractivity contribution < 1.29 is 36.3 Å². The molecule has 27 heavy (non-hydrogen) atoms. The second-order valence-electron chi connectivity index (χ2n) is 5.74. The SMILES string of the molecule is CCOC(=O)C(=O)CC(=O)c1oc(S(C)(=O)=O)cc1Cc1ccc(F)cc1. The van der Waals surface area contributed by atoms with E-state index in [9.17, 15) is 27.2 Å². The number of rotatable bonds is 8. The molecule has 0 unspecified atom stereocenters. The maximum Gasteiger partial charge on any atom is 0.375 e. The quantitative estimate of drug-likeness (QED) is 0.291. The third-order valence-electron chi connectivity index (χ3n) is 3.54. The Morgan fingerprint density at radius 2 is 1.78 bits per heavy atom. The largest absolute Gasteiger partial charge is 0.460 e. The predicted molar refractivity (Wildman–Crippen MR) is 91.6 cm³/mol. The van der Waals surface area contributed by atoms with Gasteiger partial charge < -0.3 is 9.15 Å². The zero-order valence-electron chi connectivity index (χ0n) is 14.7. The normalized spacial score (nSPS) is 11.2. The van der Waals surface area contributed by atoms with E-state index in [-0.39, 0.29) is 24.4 Å². The van der Waals surface area contributed by atoms with Crippen LogP contribution in [0.4, 0.5) is 4.39 Å². The molecule has 0 bridgehead atoms. The van der Waals surface area contributed by atoms with Crippen molar-refractivity contribution in [3.05, 3.63) is 53.0 Å². The van der Waals surface area contributed by atoms with Crippen LogP contribution >= 0.6 is 0 Å². The van der Waals surface area contributed by atoms with E-state index in [1.165, 1.54) is 37.3 Å². The maximum atomic E-state index is 13.0. The van der Waals surface area contributed by atoms with E-state index >= 15 is 0 Å². The van der Waals surface area contributed by atoms with Crippen LogP contribution in [0, 0.1) is 5.82 Å². The standard InChI is InChI=1S/C18H17FO7S/c1-3-25-18(22)15(21)10-14(20)17-12(9-16(26-17)27(2,23)24)8-11-4-6-13(19)7-5-11/h4-7,9H,3,8,10H2,1-2H3. The Morgan fingerprint density at radius 1 is 1.15 bits per heavy atom. The summed E-state index contributed by atoms with van der Waals surface area (Å²) in [7, 11) is -3.75. The molecule has 0 N–H and O–H groups in total. The minimum absolute atomic E-state index is 0.0203. The molecule has 1 aromatic heterocycles.